The summed E-state index contributed by atoms with van der Waals surface area (Å²) < 4.78 is 27.5. The topological polar surface area (TPSA) is 114 Å². The zero-order valence-electron chi connectivity index (χ0n) is 11.5. The third-order valence-corrected chi connectivity index (χ3v) is 4.69. The number of hydrogen-bond donors (Lipinski definition) is 2. The molecule has 0 aliphatic rings. The van der Waals surface area contributed by atoms with E-state index in [2.05, 4.69) is 10.3 Å². The van der Waals surface area contributed by atoms with Gasteiger partial charge in [0.25, 0.3) is 10.0 Å². The number of oxime groups is 1. The van der Waals surface area contributed by atoms with Gasteiger partial charge in [0, 0.05) is 25.9 Å². The molecular weight excluding hydrogens is 294 g/mol. The van der Waals surface area contributed by atoms with E-state index in [0.29, 0.717) is 11.3 Å². The van der Waals surface area contributed by atoms with Crippen molar-refractivity contribution < 1.29 is 13.6 Å². The second-order valence-corrected chi connectivity index (χ2v) is 6.29. The summed E-state index contributed by atoms with van der Waals surface area (Å²) in [6, 6.07) is 6.47. The Labute approximate surface area is 122 Å². The van der Waals surface area contributed by atoms with E-state index in [-0.39, 0.29) is 10.7 Å². The number of aryl methyl sites for hydroxylation is 1. The number of hydrogen-bond acceptors (Lipinski definition) is 5. The molecule has 0 radical (unpaired) electrons. The molecule has 0 saturated heterocycles. The molecule has 2 aromatic rings. The number of para-hydroxylation sites is 1. The van der Waals surface area contributed by atoms with Gasteiger partial charge >= 0.3 is 0 Å². The van der Waals surface area contributed by atoms with Crippen LogP contribution in [-0.2, 0) is 17.1 Å². The van der Waals surface area contributed by atoms with Crippen molar-refractivity contribution in [1.29, 1.82) is 0 Å². The zero-order valence-corrected chi connectivity index (χ0v) is 12.3. The Morgan fingerprint density at radius 2 is 2.10 bits per heavy atom. The molecule has 1 heterocycles. The molecule has 21 heavy (non-hydrogen) atoms. The van der Waals surface area contributed by atoms with Gasteiger partial charge in [0.15, 0.2) is 5.84 Å². The molecule has 0 spiro atoms. The van der Waals surface area contributed by atoms with Crippen molar-refractivity contribution >= 4 is 21.5 Å². The highest BCUT2D eigenvalue weighted by Crippen LogP contribution is 2.25. The van der Waals surface area contributed by atoms with Crippen LogP contribution in [0.25, 0.3) is 0 Å². The minimum Gasteiger partial charge on any atom is -0.409 e. The van der Waals surface area contributed by atoms with Crippen molar-refractivity contribution in [1.82, 2.24) is 9.78 Å². The monoisotopic (exact) mass is 309 g/mol. The van der Waals surface area contributed by atoms with E-state index in [4.69, 9.17) is 10.9 Å². The number of benzene rings is 1. The number of aromatic nitrogens is 2. The van der Waals surface area contributed by atoms with Crippen LogP contribution in [0.5, 0.6) is 0 Å². The van der Waals surface area contributed by atoms with Crippen LogP contribution in [0.2, 0.25) is 0 Å². The molecule has 112 valence electrons. The SMILES string of the molecule is CN(c1ccccc1/C(N)=N/O)S(=O)(=O)c1cnn(C)c1. The predicted molar refractivity (Wildman–Crippen MR) is 77.7 cm³/mol. The van der Waals surface area contributed by atoms with E-state index in [1.807, 2.05) is 0 Å². The van der Waals surface area contributed by atoms with Gasteiger partial charge in [0.2, 0.25) is 0 Å². The number of anilines is 1. The molecule has 0 fully saturated rings. The molecular formula is C12H15N5O3S. The fourth-order valence-electron chi connectivity index (χ4n) is 1.84. The zero-order chi connectivity index (χ0) is 15.6. The largest absolute Gasteiger partial charge is 0.409 e. The standard InChI is InChI=1S/C12H15N5O3S/c1-16-8-9(7-14-16)21(19,20)17(2)11-6-4-3-5-10(11)12(13)15-18/h3-8,18H,1-2H3,(H2,13,15). The summed E-state index contributed by atoms with van der Waals surface area (Å²) in [5, 5.41) is 15.6. The van der Waals surface area contributed by atoms with Crippen LogP contribution in [0, 0.1) is 0 Å². The van der Waals surface area contributed by atoms with E-state index in [9.17, 15) is 8.42 Å². The van der Waals surface area contributed by atoms with Crippen molar-refractivity contribution in [3.8, 4) is 0 Å². The summed E-state index contributed by atoms with van der Waals surface area (Å²) >= 11 is 0. The van der Waals surface area contributed by atoms with E-state index < -0.39 is 10.0 Å². The van der Waals surface area contributed by atoms with Crippen molar-refractivity contribution in [2.24, 2.45) is 17.9 Å². The summed E-state index contributed by atoms with van der Waals surface area (Å²) in [6.45, 7) is 0. The highest BCUT2D eigenvalue weighted by atomic mass is 32.2. The lowest BCUT2D eigenvalue weighted by molar-refractivity contribution is 0.318. The first-order valence-electron chi connectivity index (χ1n) is 5.92. The van der Waals surface area contributed by atoms with Crippen LogP contribution in [0.1, 0.15) is 5.56 Å². The average Bonchev–Trinajstić information content (AvgIpc) is 2.93. The molecule has 3 N–H and O–H groups in total. The quantitative estimate of drug-likeness (QED) is 0.366. The van der Waals surface area contributed by atoms with Crippen LogP contribution < -0.4 is 10.0 Å². The Kier molecular flexibility index (Phi) is 3.85. The molecule has 0 saturated carbocycles. The third kappa shape index (κ3) is 2.68. The second kappa shape index (κ2) is 5.44. The Morgan fingerprint density at radius 1 is 1.43 bits per heavy atom. The van der Waals surface area contributed by atoms with E-state index >= 15 is 0 Å². The van der Waals surface area contributed by atoms with Crippen LogP contribution in [0.4, 0.5) is 5.69 Å². The molecule has 1 aromatic carbocycles. The molecule has 0 amide bonds. The van der Waals surface area contributed by atoms with Gasteiger partial charge in [-0.3, -0.25) is 8.99 Å². The first-order valence-corrected chi connectivity index (χ1v) is 7.36. The fraction of sp³-hybridized carbons (Fsp3) is 0.167. The summed E-state index contributed by atoms with van der Waals surface area (Å²) in [5.74, 6) is -0.168. The van der Waals surface area contributed by atoms with Crippen molar-refractivity contribution in [3.63, 3.8) is 0 Å². The van der Waals surface area contributed by atoms with Gasteiger partial charge in [-0.2, -0.15) is 5.10 Å². The highest BCUT2D eigenvalue weighted by molar-refractivity contribution is 7.92. The van der Waals surface area contributed by atoms with E-state index in [1.165, 1.54) is 24.1 Å². The maximum atomic E-state index is 12.5. The van der Waals surface area contributed by atoms with Crippen LogP contribution >= 0.6 is 0 Å². The van der Waals surface area contributed by atoms with Gasteiger partial charge in [-0.15, -0.1) is 0 Å². The van der Waals surface area contributed by atoms with Crippen LogP contribution in [0.15, 0.2) is 46.7 Å². The highest BCUT2D eigenvalue weighted by Gasteiger charge is 2.25. The number of amidine groups is 1. The van der Waals surface area contributed by atoms with Crippen LogP contribution in [-0.4, -0.2) is 36.3 Å². The Hall–Kier alpha value is -2.55. The summed E-state index contributed by atoms with van der Waals surface area (Å²) in [4.78, 5) is 0.0572. The molecule has 9 heteroatoms. The first-order chi connectivity index (χ1) is 9.87. The van der Waals surface area contributed by atoms with Gasteiger partial charge in [0.1, 0.15) is 4.90 Å². The normalized spacial score (nSPS) is 12.4. The predicted octanol–water partition coefficient (Wildman–Crippen LogP) is 0.340. The molecule has 8 nitrogen and oxygen atoms in total. The fourth-order valence-corrected chi connectivity index (χ4v) is 3.04. The number of nitrogens with zero attached hydrogens (tertiary/aromatic N) is 4. The summed E-state index contributed by atoms with van der Waals surface area (Å²) in [5.41, 5.74) is 6.20. The maximum absolute atomic E-state index is 12.5. The second-order valence-electron chi connectivity index (χ2n) is 4.32. The minimum absolute atomic E-state index is 0.0572. The molecule has 0 unspecified atom stereocenters. The smallest absolute Gasteiger partial charge is 0.267 e. The van der Waals surface area contributed by atoms with Gasteiger partial charge in [-0.1, -0.05) is 17.3 Å². The minimum atomic E-state index is -3.78. The van der Waals surface area contributed by atoms with E-state index in [1.54, 1.807) is 31.3 Å². The lowest BCUT2D eigenvalue weighted by atomic mass is 10.1. The number of nitrogens with two attached hydrogens (primary N) is 1. The van der Waals surface area contributed by atoms with Crippen molar-refractivity contribution in [2.75, 3.05) is 11.4 Å². The van der Waals surface area contributed by atoms with Gasteiger partial charge in [-0.05, 0) is 12.1 Å². The Morgan fingerprint density at radius 3 is 2.67 bits per heavy atom. The van der Waals surface area contributed by atoms with Gasteiger partial charge in [0.05, 0.1) is 11.9 Å². The number of rotatable bonds is 4. The maximum Gasteiger partial charge on any atom is 0.267 e. The lowest BCUT2D eigenvalue weighted by Gasteiger charge is -2.21. The van der Waals surface area contributed by atoms with Gasteiger partial charge in [-0.25, -0.2) is 8.42 Å². The third-order valence-electron chi connectivity index (χ3n) is 2.97. The van der Waals surface area contributed by atoms with Crippen molar-refractivity contribution in [2.45, 2.75) is 4.90 Å². The molecule has 2 rings (SSSR count). The van der Waals surface area contributed by atoms with Gasteiger partial charge < -0.3 is 10.9 Å². The Bertz CT molecular complexity index is 782. The molecule has 1 aromatic heterocycles. The lowest BCUT2D eigenvalue weighted by Crippen LogP contribution is -2.29. The molecule has 0 aliphatic heterocycles. The van der Waals surface area contributed by atoms with Crippen LogP contribution in [0.3, 0.4) is 0 Å². The number of sulfonamides is 1. The average molecular weight is 309 g/mol. The molecule has 0 bridgehead atoms. The summed E-state index contributed by atoms with van der Waals surface area (Å²) in [7, 11) is -0.755. The Balaban J connectivity index is 2.53. The molecule has 0 aliphatic carbocycles. The summed E-state index contributed by atoms with van der Waals surface area (Å²) in [6.07, 6.45) is 2.66. The van der Waals surface area contributed by atoms with E-state index in [0.717, 1.165) is 4.31 Å². The molecule has 0 atom stereocenters. The first kappa shape index (κ1) is 14.9. The van der Waals surface area contributed by atoms with Crippen molar-refractivity contribution in [3.05, 3.63) is 42.2 Å².